The van der Waals surface area contributed by atoms with Crippen molar-refractivity contribution < 1.29 is 23.2 Å². The highest BCUT2D eigenvalue weighted by atomic mass is 31.1. The van der Waals surface area contributed by atoms with Crippen LogP contribution in [0.15, 0.2) is 60.7 Å². The van der Waals surface area contributed by atoms with Gasteiger partial charge in [0.1, 0.15) is 0 Å². The molecule has 0 saturated heterocycles. The smallest absolute Gasteiger partial charge is 0.349 e. The maximum atomic E-state index is 13.6. The summed E-state index contributed by atoms with van der Waals surface area (Å²) in [5, 5.41) is 5.90. The van der Waals surface area contributed by atoms with Gasteiger partial charge in [-0.15, -0.1) is 9.05 Å². The van der Waals surface area contributed by atoms with Gasteiger partial charge in [0.15, 0.2) is 0 Å². The molecule has 2 amide bonds. The SMILES string of the molecule is CC(C)C(O[P+](=O)OC(C(=O)NCc1ccccc1)(C(C)C)C(C)C)(C(=O)NCc1ccccc1)C(C)C. The van der Waals surface area contributed by atoms with E-state index in [1.807, 2.05) is 116 Å². The van der Waals surface area contributed by atoms with Gasteiger partial charge in [-0.25, -0.2) is 0 Å². The van der Waals surface area contributed by atoms with E-state index in [1.165, 1.54) is 0 Å². The lowest BCUT2D eigenvalue weighted by molar-refractivity contribution is -0.153. The Hall–Kier alpha value is -2.60. The Morgan fingerprint density at radius 1 is 0.632 bits per heavy atom. The van der Waals surface area contributed by atoms with Crippen molar-refractivity contribution in [2.75, 3.05) is 0 Å². The third kappa shape index (κ3) is 7.28. The molecule has 2 N–H and O–H groups in total. The van der Waals surface area contributed by atoms with Crippen molar-refractivity contribution in [1.82, 2.24) is 10.6 Å². The van der Waals surface area contributed by atoms with E-state index in [9.17, 15) is 14.2 Å². The van der Waals surface area contributed by atoms with Crippen molar-refractivity contribution in [2.45, 2.75) is 79.7 Å². The molecule has 0 spiro atoms. The Kier molecular flexibility index (Phi) is 11.6. The first-order valence-corrected chi connectivity index (χ1v) is 14.5. The van der Waals surface area contributed by atoms with Crippen molar-refractivity contribution in [2.24, 2.45) is 23.7 Å². The Morgan fingerprint density at radius 2 is 0.921 bits per heavy atom. The molecule has 2 aromatic rings. The van der Waals surface area contributed by atoms with Gasteiger partial charge in [-0.2, -0.15) is 0 Å². The Labute approximate surface area is 229 Å². The molecule has 2 rings (SSSR count). The maximum absolute atomic E-state index is 13.6. The predicted molar refractivity (Wildman–Crippen MR) is 151 cm³/mol. The third-order valence-electron chi connectivity index (χ3n) is 7.18. The Morgan fingerprint density at radius 3 is 1.18 bits per heavy atom. The van der Waals surface area contributed by atoms with E-state index in [0.717, 1.165) is 11.1 Å². The van der Waals surface area contributed by atoms with Crippen LogP contribution in [0.3, 0.4) is 0 Å². The second-order valence-electron chi connectivity index (χ2n) is 10.9. The lowest BCUT2D eigenvalue weighted by Crippen LogP contribution is -2.57. The molecule has 2 aromatic carbocycles. The van der Waals surface area contributed by atoms with E-state index >= 15 is 0 Å². The molecule has 0 unspecified atom stereocenters. The van der Waals surface area contributed by atoms with E-state index in [4.69, 9.17) is 9.05 Å². The number of rotatable bonds is 14. The molecule has 0 heterocycles. The minimum atomic E-state index is -2.85. The molecule has 0 aliphatic heterocycles. The van der Waals surface area contributed by atoms with Crippen LogP contribution in [0.5, 0.6) is 0 Å². The van der Waals surface area contributed by atoms with Gasteiger partial charge in [-0.3, -0.25) is 9.59 Å². The summed E-state index contributed by atoms with van der Waals surface area (Å²) in [5.41, 5.74) is -0.974. The fourth-order valence-electron chi connectivity index (χ4n) is 4.98. The van der Waals surface area contributed by atoms with Crippen molar-refractivity contribution in [3.05, 3.63) is 71.8 Å². The lowest BCUT2D eigenvalue weighted by Gasteiger charge is -2.36. The standard InChI is InChI=1S/C30H43N2O5P/c1-21(2)29(22(3)4,27(33)31-19-25-15-11-9-12-16-25)36-38(35)37-30(23(5)6,24(7)8)28(34)32-20-26-17-13-10-14-18-26/h9-18,21-24H,19-20H2,1-8H3,(H-,31,32,33,34)/p+1. The zero-order chi connectivity index (χ0) is 28.5. The number of amides is 2. The van der Waals surface area contributed by atoms with E-state index < -0.39 is 19.5 Å². The first-order valence-electron chi connectivity index (χ1n) is 13.4. The van der Waals surface area contributed by atoms with Crippen LogP contribution in [0.4, 0.5) is 0 Å². The van der Waals surface area contributed by atoms with Gasteiger partial charge >= 0.3 is 8.25 Å². The summed E-state index contributed by atoms with van der Waals surface area (Å²) < 4.78 is 25.7. The number of nitrogens with one attached hydrogen (secondary N) is 2. The van der Waals surface area contributed by atoms with Crippen LogP contribution >= 0.6 is 8.25 Å². The quantitative estimate of drug-likeness (QED) is 0.269. The molecular formula is C30H44N2O5P+. The van der Waals surface area contributed by atoms with Crippen LogP contribution in [-0.4, -0.2) is 23.0 Å². The second-order valence-corrected chi connectivity index (χ2v) is 11.8. The first kappa shape index (κ1) is 31.6. The van der Waals surface area contributed by atoms with Gasteiger partial charge in [0.25, 0.3) is 11.8 Å². The molecule has 0 fully saturated rings. The summed E-state index contributed by atoms with van der Waals surface area (Å²) in [6, 6.07) is 19.1. The predicted octanol–water partition coefficient (Wildman–Crippen LogP) is 6.41. The van der Waals surface area contributed by atoms with Crippen molar-refractivity contribution in [1.29, 1.82) is 0 Å². The van der Waals surface area contributed by atoms with E-state index in [1.54, 1.807) is 0 Å². The highest BCUT2D eigenvalue weighted by molar-refractivity contribution is 7.33. The largest absolute Gasteiger partial charge is 0.699 e. The third-order valence-corrected chi connectivity index (χ3v) is 8.09. The topological polar surface area (TPSA) is 93.7 Å². The first-order chi connectivity index (χ1) is 17.9. The summed E-state index contributed by atoms with van der Waals surface area (Å²) >= 11 is 0. The van der Waals surface area contributed by atoms with Crippen LogP contribution in [0.2, 0.25) is 0 Å². The zero-order valence-electron chi connectivity index (χ0n) is 24.0. The average molecular weight is 544 g/mol. The second kappa shape index (κ2) is 14.0. The summed E-state index contributed by atoms with van der Waals surface area (Å²) in [7, 11) is -2.85. The summed E-state index contributed by atoms with van der Waals surface area (Å²) in [6.07, 6.45) is 0. The van der Waals surface area contributed by atoms with Crippen LogP contribution < -0.4 is 10.6 Å². The molecule has 208 valence electrons. The van der Waals surface area contributed by atoms with Gasteiger partial charge in [0.05, 0.1) is 0 Å². The van der Waals surface area contributed by atoms with Crippen LogP contribution in [0.1, 0.15) is 66.5 Å². The molecule has 0 aliphatic carbocycles. The van der Waals surface area contributed by atoms with Crippen LogP contribution in [0.25, 0.3) is 0 Å². The van der Waals surface area contributed by atoms with Crippen LogP contribution in [-0.2, 0) is 36.3 Å². The van der Waals surface area contributed by atoms with Gasteiger partial charge in [0.2, 0.25) is 11.2 Å². The molecule has 0 bridgehead atoms. The summed E-state index contributed by atoms with van der Waals surface area (Å²) in [4.78, 5) is 27.2. The van der Waals surface area contributed by atoms with Crippen molar-refractivity contribution >= 4 is 20.1 Å². The zero-order valence-corrected chi connectivity index (χ0v) is 24.9. The fraction of sp³-hybridized carbons (Fsp3) is 0.533. The highest BCUT2D eigenvalue weighted by Crippen LogP contribution is 2.46. The molecule has 0 saturated carbocycles. The van der Waals surface area contributed by atoms with E-state index in [2.05, 4.69) is 10.6 Å². The number of hydrogen-bond donors (Lipinski definition) is 2. The van der Waals surface area contributed by atoms with E-state index in [-0.39, 0.29) is 35.5 Å². The summed E-state index contributed by atoms with van der Waals surface area (Å²) in [5.74, 6) is -2.01. The molecule has 0 atom stereocenters. The highest BCUT2D eigenvalue weighted by Gasteiger charge is 2.59. The molecule has 7 nitrogen and oxygen atoms in total. The molecule has 8 heteroatoms. The Balaban J connectivity index is 2.29. The molecule has 0 radical (unpaired) electrons. The lowest BCUT2D eigenvalue weighted by atomic mass is 9.79. The van der Waals surface area contributed by atoms with Gasteiger partial charge in [-0.05, 0) is 34.8 Å². The maximum Gasteiger partial charge on any atom is 0.699 e. The minimum absolute atomic E-state index is 0.311. The van der Waals surface area contributed by atoms with Gasteiger partial charge < -0.3 is 10.6 Å². The molecule has 0 aromatic heterocycles. The van der Waals surface area contributed by atoms with Gasteiger partial charge in [0, 0.05) is 17.7 Å². The van der Waals surface area contributed by atoms with Crippen molar-refractivity contribution in [3.8, 4) is 0 Å². The normalized spacial score (nSPS) is 12.3. The molecule has 38 heavy (non-hydrogen) atoms. The molecular weight excluding hydrogens is 499 g/mol. The number of hydrogen-bond acceptors (Lipinski definition) is 5. The number of carbonyl (C=O) groups excluding carboxylic acids is 2. The average Bonchev–Trinajstić information content (AvgIpc) is 2.87. The Bertz CT molecular complexity index is 955. The summed E-state index contributed by atoms with van der Waals surface area (Å²) in [6.45, 7) is 15.5. The number of benzene rings is 2. The monoisotopic (exact) mass is 543 g/mol. The van der Waals surface area contributed by atoms with E-state index in [0.29, 0.717) is 13.1 Å². The van der Waals surface area contributed by atoms with Crippen molar-refractivity contribution in [3.63, 3.8) is 0 Å². The number of carbonyl (C=O) groups is 2. The molecule has 0 aliphatic rings. The van der Waals surface area contributed by atoms with Gasteiger partial charge in [-0.1, -0.05) is 116 Å². The fourth-order valence-corrected chi connectivity index (χ4v) is 6.52. The minimum Gasteiger partial charge on any atom is -0.349 e. The van der Waals surface area contributed by atoms with Crippen LogP contribution in [0, 0.1) is 23.7 Å².